The highest BCUT2D eigenvalue weighted by Crippen LogP contribution is 2.40. The summed E-state index contributed by atoms with van der Waals surface area (Å²) in [4.78, 5) is 0. The minimum absolute atomic E-state index is 0.0376. The van der Waals surface area contributed by atoms with Crippen molar-refractivity contribution in [3.8, 4) is 0 Å². The van der Waals surface area contributed by atoms with E-state index in [0.717, 1.165) is 50.7 Å². The normalized spacial score (nSPS) is 23.3. The lowest BCUT2D eigenvalue weighted by molar-refractivity contribution is -0.142. The van der Waals surface area contributed by atoms with Gasteiger partial charge in [0.25, 0.3) is 0 Å². The Kier molecular flexibility index (Phi) is 4.89. The van der Waals surface area contributed by atoms with Gasteiger partial charge in [-0.1, -0.05) is 19.8 Å². The van der Waals surface area contributed by atoms with Crippen LogP contribution in [0.4, 0.5) is 22.0 Å². The largest absolute Gasteiger partial charge is 0.422 e. The summed E-state index contributed by atoms with van der Waals surface area (Å²) >= 11 is 0. The van der Waals surface area contributed by atoms with Crippen LogP contribution >= 0.6 is 0 Å². The number of halogens is 5. The maximum atomic E-state index is 13.6. The topological polar surface area (TPSA) is 0 Å². The Labute approximate surface area is 121 Å². The second-order valence-corrected chi connectivity index (χ2v) is 5.86. The van der Waals surface area contributed by atoms with E-state index in [1.54, 1.807) is 0 Å². The zero-order valence-corrected chi connectivity index (χ0v) is 11.9. The first-order chi connectivity index (χ1) is 9.82. The molecule has 0 saturated heterocycles. The third-order valence-corrected chi connectivity index (χ3v) is 4.36. The number of rotatable bonds is 3. The zero-order chi connectivity index (χ0) is 15.6. The molecule has 0 nitrogen and oxygen atoms in total. The van der Waals surface area contributed by atoms with E-state index < -0.39 is 23.4 Å². The van der Waals surface area contributed by atoms with Gasteiger partial charge in [-0.05, 0) is 55.2 Å². The van der Waals surface area contributed by atoms with Crippen molar-refractivity contribution in [2.75, 3.05) is 0 Å². The van der Waals surface area contributed by atoms with E-state index in [1.807, 2.05) is 0 Å². The van der Waals surface area contributed by atoms with Gasteiger partial charge in [0.2, 0.25) is 0 Å². The van der Waals surface area contributed by atoms with Gasteiger partial charge >= 0.3 is 6.18 Å². The Morgan fingerprint density at radius 2 is 1.52 bits per heavy atom. The Morgan fingerprint density at radius 1 is 1.00 bits per heavy atom. The molecule has 0 spiro atoms. The Bertz CT molecular complexity index is 461. The van der Waals surface area contributed by atoms with Crippen molar-refractivity contribution in [2.45, 2.75) is 57.5 Å². The van der Waals surface area contributed by atoms with E-state index in [2.05, 4.69) is 6.92 Å². The lowest BCUT2D eigenvalue weighted by Crippen LogP contribution is -2.16. The molecule has 0 heterocycles. The van der Waals surface area contributed by atoms with Crippen LogP contribution in [-0.4, -0.2) is 0 Å². The van der Waals surface area contributed by atoms with Gasteiger partial charge in [0, 0.05) is 0 Å². The van der Waals surface area contributed by atoms with Crippen LogP contribution in [0.3, 0.4) is 0 Å². The molecular formula is C16H19F5. The molecular weight excluding hydrogens is 287 g/mol. The molecule has 1 aromatic carbocycles. The first-order valence-electron chi connectivity index (χ1n) is 7.39. The summed E-state index contributed by atoms with van der Waals surface area (Å²) in [5.74, 6) is -2.42. The van der Waals surface area contributed by atoms with Gasteiger partial charge in [0.05, 0.1) is 0 Å². The van der Waals surface area contributed by atoms with Crippen LogP contribution in [0, 0.1) is 17.6 Å². The van der Waals surface area contributed by atoms with Crippen LogP contribution in [0.2, 0.25) is 0 Å². The maximum absolute atomic E-state index is 13.6. The van der Waals surface area contributed by atoms with E-state index in [-0.39, 0.29) is 5.92 Å². The van der Waals surface area contributed by atoms with Gasteiger partial charge < -0.3 is 0 Å². The van der Waals surface area contributed by atoms with Gasteiger partial charge in [-0.15, -0.1) is 0 Å². The van der Waals surface area contributed by atoms with Crippen LogP contribution in [0.5, 0.6) is 0 Å². The monoisotopic (exact) mass is 306 g/mol. The van der Waals surface area contributed by atoms with Crippen molar-refractivity contribution < 1.29 is 22.0 Å². The molecule has 0 N–H and O–H groups in total. The predicted molar refractivity (Wildman–Crippen MR) is 71.0 cm³/mol. The summed E-state index contributed by atoms with van der Waals surface area (Å²) in [7, 11) is 0. The molecule has 0 amide bonds. The fourth-order valence-electron chi connectivity index (χ4n) is 3.29. The predicted octanol–water partition coefficient (Wildman–Crippen LogP) is 6.06. The van der Waals surface area contributed by atoms with Crippen molar-refractivity contribution in [2.24, 2.45) is 5.92 Å². The van der Waals surface area contributed by atoms with Crippen LogP contribution in [0.1, 0.15) is 62.5 Å². The average Bonchev–Trinajstić information content (AvgIpc) is 2.37. The number of benzene rings is 1. The molecule has 0 unspecified atom stereocenters. The molecule has 21 heavy (non-hydrogen) atoms. The molecule has 2 rings (SSSR count). The SMILES string of the molecule is CCCC1CCC(c2cc(F)c(C(F)(F)F)c(F)c2)CC1. The molecule has 0 bridgehead atoms. The standard InChI is InChI=1S/C16H19F5/c1-2-3-10-4-6-11(7-5-10)12-8-13(17)15(14(18)9-12)16(19,20)21/h8-11H,2-7H2,1H3. The molecule has 1 fully saturated rings. The Hall–Kier alpha value is -1.13. The Morgan fingerprint density at radius 3 is 1.95 bits per heavy atom. The first kappa shape index (κ1) is 16.2. The molecule has 0 aliphatic heterocycles. The Balaban J connectivity index is 2.16. The van der Waals surface area contributed by atoms with Crippen molar-refractivity contribution >= 4 is 0 Å². The molecule has 5 heteroatoms. The van der Waals surface area contributed by atoms with Gasteiger partial charge in [-0.3, -0.25) is 0 Å². The van der Waals surface area contributed by atoms with E-state index in [9.17, 15) is 22.0 Å². The van der Waals surface area contributed by atoms with Crippen LogP contribution in [0.25, 0.3) is 0 Å². The molecule has 1 aromatic rings. The molecule has 1 aliphatic rings. The average molecular weight is 306 g/mol. The van der Waals surface area contributed by atoms with Gasteiger partial charge in [-0.25, -0.2) is 8.78 Å². The molecule has 1 aliphatic carbocycles. The highest BCUT2D eigenvalue weighted by molar-refractivity contribution is 5.30. The summed E-state index contributed by atoms with van der Waals surface area (Å²) in [5, 5.41) is 0. The van der Waals surface area contributed by atoms with Gasteiger partial charge in [0.15, 0.2) is 0 Å². The lowest BCUT2D eigenvalue weighted by Gasteiger charge is -2.29. The fourth-order valence-corrected chi connectivity index (χ4v) is 3.29. The summed E-state index contributed by atoms with van der Waals surface area (Å²) in [5.41, 5.74) is -1.43. The number of hydrogen-bond acceptors (Lipinski definition) is 0. The van der Waals surface area contributed by atoms with Crippen molar-refractivity contribution in [3.05, 3.63) is 34.9 Å². The van der Waals surface area contributed by atoms with E-state index in [0.29, 0.717) is 11.5 Å². The quantitative estimate of drug-likeness (QED) is 0.596. The van der Waals surface area contributed by atoms with E-state index in [4.69, 9.17) is 0 Å². The lowest BCUT2D eigenvalue weighted by atomic mass is 9.77. The second kappa shape index (κ2) is 6.32. The smallest absolute Gasteiger partial charge is 0.206 e. The molecule has 1 saturated carbocycles. The minimum Gasteiger partial charge on any atom is -0.206 e. The highest BCUT2D eigenvalue weighted by Gasteiger charge is 2.38. The first-order valence-corrected chi connectivity index (χ1v) is 7.39. The fraction of sp³-hybridized carbons (Fsp3) is 0.625. The summed E-state index contributed by atoms with van der Waals surface area (Å²) in [6, 6.07) is 1.72. The van der Waals surface area contributed by atoms with Crippen LogP contribution < -0.4 is 0 Å². The third kappa shape index (κ3) is 3.74. The van der Waals surface area contributed by atoms with E-state index in [1.165, 1.54) is 0 Å². The number of hydrogen-bond donors (Lipinski definition) is 0. The third-order valence-electron chi connectivity index (χ3n) is 4.36. The molecule has 0 radical (unpaired) electrons. The maximum Gasteiger partial charge on any atom is 0.422 e. The molecule has 0 atom stereocenters. The van der Waals surface area contributed by atoms with Crippen LogP contribution in [-0.2, 0) is 6.18 Å². The van der Waals surface area contributed by atoms with E-state index >= 15 is 0 Å². The highest BCUT2D eigenvalue weighted by atomic mass is 19.4. The zero-order valence-electron chi connectivity index (χ0n) is 11.9. The summed E-state index contributed by atoms with van der Waals surface area (Å²) < 4.78 is 64.8. The van der Waals surface area contributed by atoms with Crippen molar-refractivity contribution in [3.63, 3.8) is 0 Å². The molecule has 118 valence electrons. The second-order valence-electron chi connectivity index (χ2n) is 5.86. The van der Waals surface area contributed by atoms with Gasteiger partial charge in [0.1, 0.15) is 17.2 Å². The van der Waals surface area contributed by atoms with Crippen molar-refractivity contribution in [1.29, 1.82) is 0 Å². The number of alkyl halides is 3. The summed E-state index contributed by atoms with van der Waals surface area (Å²) in [6.45, 7) is 2.12. The van der Waals surface area contributed by atoms with Crippen molar-refractivity contribution in [1.82, 2.24) is 0 Å². The summed E-state index contributed by atoms with van der Waals surface area (Å²) in [6.07, 6.45) is 0.780. The minimum atomic E-state index is -4.99. The van der Waals surface area contributed by atoms with Gasteiger partial charge in [-0.2, -0.15) is 13.2 Å². The van der Waals surface area contributed by atoms with Crippen LogP contribution in [0.15, 0.2) is 12.1 Å². The molecule has 0 aromatic heterocycles.